The lowest BCUT2D eigenvalue weighted by Crippen LogP contribution is -2.47. The minimum atomic E-state index is -2.13. The quantitative estimate of drug-likeness (QED) is 0.138. The number of aliphatic hydroxyl groups is 1. The zero-order valence-corrected chi connectivity index (χ0v) is 35.4. The average molecular weight is 876 g/mol. The molecule has 0 radical (unpaired) electrons. The SMILES string of the molecule is Cl.O=C1Nc2cc(Cl)c(CCN3CCN(c4nsc5ccccc45)CC3)cc2C1C1(O)C(=O)Nc2cc(Cl)c(CCN3CCN(c4nsc5ccccc45)CC3)cc21. The molecular weight excluding hydrogens is 835 g/mol. The molecule has 3 N–H and O–H groups in total. The second kappa shape index (κ2) is 15.9. The van der Waals surface area contributed by atoms with Crippen molar-refractivity contribution in [1.82, 2.24) is 18.5 Å². The summed E-state index contributed by atoms with van der Waals surface area (Å²) < 4.78 is 11.9. The third kappa shape index (κ3) is 6.89. The standard InChI is InChI=1S/C42H40Cl2N8O3S2.ClH/c43-31-23-33-29(21-25(31)9-11-49-13-17-51(18-14-49)38-27-5-1-3-7-35(27)56-47-38)37(40(53)45-33)42(55)30-22-26(32(44)24-34(30)46-41(42)54)10-12-50-15-19-52(20-16-50)39-28-6-2-4-8-36(28)57-48-39;/h1-8,21-24,37,55H,9-20H2,(H,45,53)(H,46,54);1H. The second-order valence-corrected chi connectivity index (χ2v) is 17.7. The molecule has 58 heavy (non-hydrogen) atoms. The summed E-state index contributed by atoms with van der Waals surface area (Å²) in [5.74, 6) is -0.149. The third-order valence-corrected chi connectivity index (χ3v) is 14.5. The van der Waals surface area contributed by atoms with Gasteiger partial charge in [0.25, 0.3) is 5.91 Å². The first-order valence-corrected chi connectivity index (χ1v) is 21.7. The highest BCUT2D eigenvalue weighted by molar-refractivity contribution is 7.14. The van der Waals surface area contributed by atoms with E-state index in [1.165, 1.54) is 43.2 Å². The molecule has 2 fully saturated rings. The van der Waals surface area contributed by atoms with Crippen molar-refractivity contribution in [1.29, 1.82) is 0 Å². The number of aromatic nitrogens is 2. The van der Waals surface area contributed by atoms with Crippen LogP contribution in [0.1, 0.15) is 28.2 Å². The molecule has 10 rings (SSSR count). The summed E-state index contributed by atoms with van der Waals surface area (Å²) in [5, 5.41) is 21.6. The fourth-order valence-electron chi connectivity index (χ4n) is 8.92. The van der Waals surface area contributed by atoms with E-state index < -0.39 is 23.3 Å². The predicted molar refractivity (Wildman–Crippen MR) is 238 cm³/mol. The molecule has 300 valence electrons. The maximum atomic E-state index is 13.8. The van der Waals surface area contributed by atoms with E-state index in [0.717, 1.165) is 88.2 Å². The average Bonchev–Trinajstić information content (AvgIpc) is 3.99. The Bertz CT molecular complexity index is 2550. The molecule has 0 aliphatic carbocycles. The van der Waals surface area contributed by atoms with Gasteiger partial charge >= 0.3 is 0 Å². The van der Waals surface area contributed by atoms with E-state index in [4.69, 9.17) is 31.9 Å². The minimum absolute atomic E-state index is 0. The monoisotopic (exact) mass is 874 g/mol. The molecule has 16 heteroatoms. The van der Waals surface area contributed by atoms with Crippen molar-refractivity contribution >= 4 is 114 Å². The van der Waals surface area contributed by atoms with Crippen LogP contribution in [0.2, 0.25) is 10.0 Å². The number of benzene rings is 4. The Morgan fingerprint density at radius 3 is 1.74 bits per heavy atom. The molecule has 6 aromatic rings. The zero-order valence-electron chi connectivity index (χ0n) is 31.4. The minimum Gasteiger partial charge on any atom is -0.374 e. The number of hydrogen-bond acceptors (Lipinski definition) is 11. The van der Waals surface area contributed by atoms with Crippen molar-refractivity contribution in [3.63, 3.8) is 0 Å². The largest absolute Gasteiger partial charge is 0.374 e. The third-order valence-electron chi connectivity index (χ3n) is 12.1. The van der Waals surface area contributed by atoms with Crippen molar-refractivity contribution in [2.45, 2.75) is 24.4 Å². The molecule has 0 spiro atoms. The molecule has 2 saturated heterocycles. The van der Waals surface area contributed by atoms with E-state index in [0.29, 0.717) is 45.4 Å². The van der Waals surface area contributed by atoms with Gasteiger partial charge in [0.15, 0.2) is 5.60 Å². The van der Waals surface area contributed by atoms with Crippen molar-refractivity contribution in [3.05, 3.63) is 105 Å². The van der Waals surface area contributed by atoms with E-state index in [2.05, 4.69) is 66.6 Å². The van der Waals surface area contributed by atoms with Gasteiger partial charge in [-0.25, -0.2) is 0 Å². The Morgan fingerprint density at radius 1 is 0.690 bits per heavy atom. The predicted octanol–water partition coefficient (Wildman–Crippen LogP) is 7.24. The highest BCUT2D eigenvalue weighted by atomic mass is 35.5. The van der Waals surface area contributed by atoms with Gasteiger partial charge < -0.3 is 25.5 Å². The van der Waals surface area contributed by atoms with E-state index >= 15 is 0 Å². The molecule has 2 amide bonds. The zero-order chi connectivity index (χ0) is 38.8. The van der Waals surface area contributed by atoms with E-state index in [1.54, 1.807) is 12.1 Å². The fraction of sp³-hybridized carbons (Fsp3) is 0.333. The fourth-order valence-corrected chi connectivity index (χ4v) is 11.0. The smallest absolute Gasteiger partial charge is 0.262 e. The van der Waals surface area contributed by atoms with Gasteiger partial charge in [0, 0.05) is 103 Å². The van der Waals surface area contributed by atoms with Gasteiger partial charge in [0.1, 0.15) is 17.6 Å². The van der Waals surface area contributed by atoms with Crippen LogP contribution in [0.5, 0.6) is 0 Å². The summed E-state index contributed by atoms with van der Waals surface area (Å²) in [7, 11) is 0. The van der Waals surface area contributed by atoms with Crippen LogP contribution in [0.25, 0.3) is 20.2 Å². The van der Waals surface area contributed by atoms with Gasteiger partial charge in [-0.05, 0) is 95.1 Å². The molecule has 4 aromatic carbocycles. The van der Waals surface area contributed by atoms with Crippen LogP contribution in [0, 0.1) is 0 Å². The number of fused-ring (bicyclic) bond motifs is 4. The summed E-state index contributed by atoms with van der Waals surface area (Å²) in [5.41, 5.74) is 1.41. The number of amides is 2. The van der Waals surface area contributed by atoms with E-state index in [-0.39, 0.29) is 12.4 Å². The molecule has 4 aliphatic rings. The van der Waals surface area contributed by atoms with E-state index in [1.807, 2.05) is 24.3 Å². The molecule has 0 saturated carbocycles. The van der Waals surface area contributed by atoms with Crippen LogP contribution in [0.3, 0.4) is 0 Å². The van der Waals surface area contributed by atoms with Crippen LogP contribution >= 0.6 is 58.7 Å². The van der Waals surface area contributed by atoms with Gasteiger partial charge in [-0.15, -0.1) is 12.4 Å². The molecule has 2 unspecified atom stereocenters. The lowest BCUT2D eigenvalue weighted by Gasteiger charge is -2.35. The number of rotatable bonds is 9. The molecular formula is C42H41Cl3N8O3S2. The van der Waals surface area contributed by atoms with Crippen molar-refractivity contribution < 1.29 is 14.7 Å². The first-order chi connectivity index (χ1) is 27.7. The summed E-state index contributed by atoms with van der Waals surface area (Å²) in [4.78, 5) is 37.0. The molecule has 2 atom stereocenters. The molecule has 6 heterocycles. The molecule has 11 nitrogen and oxygen atoms in total. The van der Waals surface area contributed by atoms with Gasteiger partial charge in [-0.2, -0.15) is 8.75 Å². The maximum absolute atomic E-state index is 13.8. The summed E-state index contributed by atoms with van der Waals surface area (Å²) in [6, 6.07) is 23.9. The number of carbonyl (C=O) groups excluding carboxylic acids is 2. The number of nitrogens with one attached hydrogen (secondary N) is 2. The number of hydrogen-bond donors (Lipinski definition) is 3. The van der Waals surface area contributed by atoms with E-state index in [9.17, 15) is 14.7 Å². The first kappa shape index (κ1) is 39.4. The number of halogens is 3. The Morgan fingerprint density at radius 2 is 1.19 bits per heavy atom. The number of anilines is 4. The Kier molecular flexibility index (Phi) is 10.8. The lowest BCUT2D eigenvalue weighted by molar-refractivity contribution is -0.141. The Hall–Kier alpha value is -4.05. The topological polar surface area (TPSA) is 117 Å². The van der Waals surface area contributed by atoms with Gasteiger partial charge in [0.05, 0.1) is 9.40 Å². The Labute approximate surface area is 360 Å². The summed E-state index contributed by atoms with van der Waals surface area (Å²) >= 11 is 16.7. The molecule has 4 aliphatic heterocycles. The van der Waals surface area contributed by atoms with Gasteiger partial charge in [-0.3, -0.25) is 19.4 Å². The highest BCUT2D eigenvalue weighted by Crippen LogP contribution is 2.52. The second-order valence-electron chi connectivity index (χ2n) is 15.3. The van der Waals surface area contributed by atoms with Crippen molar-refractivity contribution in [2.75, 3.05) is 85.9 Å². The van der Waals surface area contributed by atoms with Crippen LogP contribution in [-0.4, -0.2) is 101 Å². The number of nitrogens with zero attached hydrogens (tertiary/aromatic N) is 6. The highest BCUT2D eigenvalue weighted by Gasteiger charge is 2.57. The van der Waals surface area contributed by atoms with Crippen LogP contribution in [0.4, 0.5) is 23.0 Å². The lowest BCUT2D eigenvalue weighted by atomic mass is 9.77. The number of carbonyl (C=O) groups is 2. The van der Waals surface area contributed by atoms with Crippen molar-refractivity contribution in [3.8, 4) is 0 Å². The van der Waals surface area contributed by atoms with Crippen molar-refractivity contribution in [2.24, 2.45) is 0 Å². The van der Waals surface area contributed by atoms with Crippen LogP contribution in [0.15, 0.2) is 72.8 Å². The Balaban J connectivity index is 0.00000436. The first-order valence-electron chi connectivity index (χ1n) is 19.4. The normalized spacial score (nSPS) is 21.0. The molecule has 0 bridgehead atoms. The number of piperazine rings is 2. The van der Waals surface area contributed by atoms with Crippen LogP contribution in [-0.2, 0) is 28.0 Å². The maximum Gasteiger partial charge on any atom is 0.262 e. The summed E-state index contributed by atoms with van der Waals surface area (Å²) in [6.07, 6.45) is 1.28. The summed E-state index contributed by atoms with van der Waals surface area (Å²) in [6.45, 7) is 8.56. The van der Waals surface area contributed by atoms with Gasteiger partial charge in [0.2, 0.25) is 5.91 Å². The molecule has 2 aromatic heterocycles. The van der Waals surface area contributed by atoms with Crippen LogP contribution < -0.4 is 20.4 Å². The van der Waals surface area contributed by atoms with Gasteiger partial charge in [-0.1, -0.05) is 53.5 Å².